The standard InChI is InChI=1S/C17H20N2O2/c1-19(17(20)11-12-18)13-14-7-9-16(10-8-14)21-15-5-3-2-4-6-15/h2-10H,11-13,18H2,1H3. The fraction of sp³-hybridized carbons (Fsp3) is 0.235. The molecule has 0 spiro atoms. The molecule has 0 aliphatic heterocycles. The fourth-order valence-electron chi connectivity index (χ4n) is 1.96. The van der Waals surface area contributed by atoms with E-state index in [0.29, 0.717) is 19.5 Å². The minimum Gasteiger partial charge on any atom is -0.457 e. The van der Waals surface area contributed by atoms with Gasteiger partial charge in [-0.1, -0.05) is 30.3 Å². The number of para-hydroxylation sites is 1. The summed E-state index contributed by atoms with van der Waals surface area (Å²) < 4.78 is 5.73. The lowest BCUT2D eigenvalue weighted by molar-refractivity contribution is -0.130. The molecular weight excluding hydrogens is 264 g/mol. The molecule has 2 aromatic rings. The average Bonchev–Trinajstić information content (AvgIpc) is 2.50. The number of nitrogens with zero attached hydrogens (tertiary/aromatic N) is 1. The minimum absolute atomic E-state index is 0.0575. The number of carbonyl (C=O) groups is 1. The molecule has 0 aliphatic rings. The van der Waals surface area contributed by atoms with Gasteiger partial charge in [0.05, 0.1) is 0 Å². The quantitative estimate of drug-likeness (QED) is 0.887. The second-order valence-electron chi connectivity index (χ2n) is 4.85. The van der Waals surface area contributed by atoms with E-state index in [4.69, 9.17) is 10.5 Å². The van der Waals surface area contributed by atoms with Gasteiger partial charge in [-0.2, -0.15) is 0 Å². The Balaban J connectivity index is 1.94. The fourth-order valence-corrected chi connectivity index (χ4v) is 1.96. The molecule has 0 bridgehead atoms. The van der Waals surface area contributed by atoms with Crippen molar-refractivity contribution in [3.63, 3.8) is 0 Å². The average molecular weight is 284 g/mol. The second-order valence-corrected chi connectivity index (χ2v) is 4.85. The van der Waals surface area contributed by atoms with Crippen molar-refractivity contribution in [1.29, 1.82) is 0 Å². The van der Waals surface area contributed by atoms with Crippen LogP contribution < -0.4 is 10.5 Å². The Kier molecular flexibility index (Phi) is 5.35. The van der Waals surface area contributed by atoms with E-state index in [2.05, 4.69) is 0 Å². The highest BCUT2D eigenvalue weighted by Gasteiger charge is 2.08. The molecule has 0 aromatic heterocycles. The van der Waals surface area contributed by atoms with Gasteiger partial charge in [0.1, 0.15) is 11.5 Å². The molecule has 2 N–H and O–H groups in total. The van der Waals surface area contributed by atoms with Gasteiger partial charge in [-0.05, 0) is 29.8 Å². The van der Waals surface area contributed by atoms with Crippen molar-refractivity contribution in [2.24, 2.45) is 5.73 Å². The summed E-state index contributed by atoms with van der Waals surface area (Å²) in [4.78, 5) is 13.4. The first-order chi connectivity index (χ1) is 10.2. The van der Waals surface area contributed by atoms with Crippen LogP contribution in [0.4, 0.5) is 0 Å². The molecule has 0 heterocycles. The van der Waals surface area contributed by atoms with E-state index < -0.39 is 0 Å². The zero-order valence-corrected chi connectivity index (χ0v) is 12.2. The molecule has 0 unspecified atom stereocenters. The molecule has 0 atom stereocenters. The molecule has 1 amide bonds. The minimum atomic E-state index is 0.0575. The predicted molar refractivity (Wildman–Crippen MR) is 83.1 cm³/mol. The Labute approximate surface area is 125 Å². The van der Waals surface area contributed by atoms with E-state index in [-0.39, 0.29) is 5.91 Å². The number of benzene rings is 2. The third-order valence-electron chi connectivity index (χ3n) is 3.11. The normalized spacial score (nSPS) is 10.2. The van der Waals surface area contributed by atoms with Crippen LogP contribution in [0.2, 0.25) is 0 Å². The van der Waals surface area contributed by atoms with Gasteiger partial charge >= 0.3 is 0 Å². The van der Waals surface area contributed by atoms with Crippen LogP contribution >= 0.6 is 0 Å². The van der Waals surface area contributed by atoms with Gasteiger partial charge in [0.15, 0.2) is 0 Å². The summed E-state index contributed by atoms with van der Waals surface area (Å²) in [7, 11) is 1.78. The maximum absolute atomic E-state index is 11.7. The Morgan fingerprint density at radius 2 is 1.67 bits per heavy atom. The SMILES string of the molecule is CN(Cc1ccc(Oc2ccccc2)cc1)C(=O)CCN. The molecule has 2 rings (SSSR count). The van der Waals surface area contributed by atoms with Crippen LogP contribution in [0, 0.1) is 0 Å². The molecule has 2 aromatic carbocycles. The molecule has 0 fully saturated rings. The highest BCUT2D eigenvalue weighted by molar-refractivity contribution is 5.76. The van der Waals surface area contributed by atoms with Crippen molar-refractivity contribution < 1.29 is 9.53 Å². The molecular formula is C17H20N2O2. The van der Waals surface area contributed by atoms with Crippen molar-refractivity contribution in [2.45, 2.75) is 13.0 Å². The first kappa shape index (κ1) is 15.1. The number of hydrogen-bond donors (Lipinski definition) is 1. The van der Waals surface area contributed by atoms with Crippen LogP contribution in [-0.2, 0) is 11.3 Å². The Morgan fingerprint density at radius 1 is 1.05 bits per heavy atom. The third-order valence-corrected chi connectivity index (χ3v) is 3.11. The van der Waals surface area contributed by atoms with Crippen molar-refractivity contribution in [3.8, 4) is 11.5 Å². The van der Waals surface area contributed by atoms with Gasteiger partial charge < -0.3 is 15.4 Å². The highest BCUT2D eigenvalue weighted by atomic mass is 16.5. The molecule has 0 aliphatic carbocycles. The summed E-state index contributed by atoms with van der Waals surface area (Å²) in [5, 5.41) is 0. The number of nitrogens with two attached hydrogens (primary N) is 1. The number of carbonyl (C=O) groups excluding carboxylic acids is 1. The van der Waals surface area contributed by atoms with Crippen molar-refractivity contribution >= 4 is 5.91 Å². The van der Waals surface area contributed by atoms with Gasteiger partial charge in [-0.25, -0.2) is 0 Å². The topological polar surface area (TPSA) is 55.6 Å². The first-order valence-electron chi connectivity index (χ1n) is 6.95. The van der Waals surface area contributed by atoms with Crippen molar-refractivity contribution in [3.05, 3.63) is 60.2 Å². The summed E-state index contributed by atoms with van der Waals surface area (Å²) in [6, 6.07) is 17.4. The Bertz CT molecular complexity index is 567. The lowest BCUT2D eigenvalue weighted by Crippen LogP contribution is -2.27. The molecule has 0 saturated carbocycles. The second kappa shape index (κ2) is 7.45. The maximum Gasteiger partial charge on any atom is 0.223 e. The molecule has 0 saturated heterocycles. The molecule has 4 heteroatoms. The van der Waals surface area contributed by atoms with Gasteiger partial charge in [0.2, 0.25) is 5.91 Å². The Morgan fingerprint density at radius 3 is 2.29 bits per heavy atom. The van der Waals surface area contributed by atoms with Crippen molar-refractivity contribution in [2.75, 3.05) is 13.6 Å². The van der Waals surface area contributed by atoms with Crippen LogP contribution in [0.15, 0.2) is 54.6 Å². The van der Waals surface area contributed by atoms with E-state index in [1.165, 1.54) is 0 Å². The maximum atomic E-state index is 11.7. The van der Waals surface area contributed by atoms with Crippen LogP contribution in [0.25, 0.3) is 0 Å². The summed E-state index contributed by atoms with van der Waals surface area (Å²) in [5.74, 6) is 1.64. The molecule has 0 radical (unpaired) electrons. The van der Waals surface area contributed by atoms with E-state index >= 15 is 0 Å². The van der Waals surface area contributed by atoms with Crippen LogP contribution in [0.3, 0.4) is 0 Å². The van der Waals surface area contributed by atoms with E-state index in [1.807, 2.05) is 54.6 Å². The smallest absolute Gasteiger partial charge is 0.223 e. The van der Waals surface area contributed by atoms with E-state index in [1.54, 1.807) is 11.9 Å². The predicted octanol–water partition coefficient (Wildman–Crippen LogP) is 2.79. The third kappa shape index (κ3) is 4.61. The zero-order chi connectivity index (χ0) is 15.1. The summed E-state index contributed by atoms with van der Waals surface area (Å²) in [5.41, 5.74) is 6.45. The molecule has 110 valence electrons. The number of ether oxygens (including phenoxy) is 1. The van der Waals surface area contributed by atoms with Crippen molar-refractivity contribution in [1.82, 2.24) is 4.90 Å². The summed E-state index contributed by atoms with van der Waals surface area (Å²) >= 11 is 0. The van der Waals surface area contributed by atoms with E-state index in [9.17, 15) is 4.79 Å². The van der Waals surface area contributed by atoms with Gasteiger partial charge in [-0.3, -0.25) is 4.79 Å². The summed E-state index contributed by atoms with van der Waals surface area (Å²) in [6.07, 6.45) is 0.381. The number of amides is 1. The molecule has 4 nitrogen and oxygen atoms in total. The van der Waals surface area contributed by atoms with Gasteiger partial charge in [-0.15, -0.1) is 0 Å². The number of hydrogen-bond acceptors (Lipinski definition) is 3. The highest BCUT2D eigenvalue weighted by Crippen LogP contribution is 2.21. The van der Waals surface area contributed by atoms with Crippen LogP contribution in [0.1, 0.15) is 12.0 Å². The van der Waals surface area contributed by atoms with E-state index in [0.717, 1.165) is 17.1 Å². The van der Waals surface area contributed by atoms with Gasteiger partial charge in [0.25, 0.3) is 0 Å². The lowest BCUT2D eigenvalue weighted by atomic mass is 10.2. The lowest BCUT2D eigenvalue weighted by Gasteiger charge is -2.17. The number of rotatable bonds is 6. The zero-order valence-electron chi connectivity index (χ0n) is 12.2. The van der Waals surface area contributed by atoms with Gasteiger partial charge in [0, 0.05) is 26.6 Å². The molecule has 21 heavy (non-hydrogen) atoms. The Hall–Kier alpha value is -2.33. The summed E-state index contributed by atoms with van der Waals surface area (Å²) in [6.45, 7) is 0.956. The first-order valence-corrected chi connectivity index (χ1v) is 6.95. The monoisotopic (exact) mass is 284 g/mol. The largest absolute Gasteiger partial charge is 0.457 e. The van der Waals surface area contributed by atoms with Crippen LogP contribution in [-0.4, -0.2) is 24.4 Å². The van der Waals surface area contributed by atoms with Crippen LogP contribution in [0.5, 0.6) is 11.5 Å².